The first kappa shape index (κ1) is 26.9. The zero-order chi connectivity index (χ0) is 25.3. The van der Waals surface area contributed by atoms with Gasteiger partial charge in [-0.15, -0.1) is 0 Å². The van der Waals surface area contributed by atoms with E-state index in [0.717, 1.165) is 0 Å². The third kappa shape index (κ3) is 3.45. The van der Waals surface area contributed by atoms with E-state index in [1.165, 1.54) is 6.92 Å². The van der Waals surface area contributed by atoms with Crippen molar-refractivity contribution in [2.24, 2.45) is 29.1 Å². The van der Waals surface area contributed by atoms with E-state index in [0.29, 0.717) is 6.42 Å². The standard InChI is InChI=1S/C18H20F12O2/c1-7-8(2)10-4-9(7)5-13(10,3)12(31)32-6-14(21,22)16(25,26)18(29,30)17(27,28)15(23,24)11(19)20/h7-11H,4-6H2,1-3H3. The number of fused-ring (bicyclic) bond motifs is 2. The van der Waals surface area contributed by atoms with Gasteiger partial charge in [0.2, 0.25) is 0 Å². The SMILES string of the molecule is CC1C2CC(C1C)C(C)(C(=O)OCC(F)(F)C(F)(F)C(F)(F)C(F)(F)C(F)(F)C(F)F)C2. The lowest BCUT2D eigenvalue weighted by atomic mass is 9.67. The van der Waals surface area contributed by atoms with E-state index in [-0.39, 0.29) is 24.2 Å². The number of rotatable bonds is 8. The Hall–Kier alpha value is -1.37. The number of esters is 1. The Labute approximate surface area is 174 Å². The number of halogens is 12. The fraction of sp³-hybridized carbons (Fsp3) is 0.944. The van der Waals surface area contributed by atoms with Gasteiger partial charge >= 0.3 is 42.0 Å². The molecule has 2 aliphatic rings. The average Bonchev–Trinajstić information content (AvgIpc) is 3.15. The van der Waals surface area contributed by atoms with Crippen LogP contribution in [-0.2, 0) is 9.53 Å². The molecule has 2 fully saturated rings. The number of alkyl halides is 12. The summed E-state index contributed by atoms with van der Waals surface area (Å²) in [4.78, 5) is 12.3. The van der Waals surface area contributed by atoms with Crippen LogP contribution in [0.3, 0.4) is 0 Å². The summed E-state index contributed by atoms with van der Waals surface area (Å²) in [6, 6.07) is 0. The molecule has 2 rings (SSSR count). The summed E-state index contributed by atoms with van der Waals surface area (Å²) >= 11 is 0. The van der Waals surface area contributed by atoms with Crippen LogP contribution in [0.5, 0.6) is 0 Å². The number of carbonyl (C=O) groups excluding carboxylic acids is 1. The van der Waals surface area contributed by atoms with Gasteiger partial charge in [-0.2, -0.15) is 43.9 Å². The second-order valence-electron chi connectivity index (χ2n) is 8.87. The predicted octanol–water partition coefficient (Wildman–Crippen LogP) is 6.29. The van der Waals surface area contributed by atoms with Crippen LogP contribution >= 0.6 is 0 Å². The van der Waals surface area contributed by atoms with Crippen molar-refractivity contribution in [1.29, 1.82) is 0 Å². The molecule has 0 spiro atoms. The van der Waals surface area contributed by atoms with Crippen LogP contribution in [0.1, 0.15) is 33.6 Å². The smallest absolute Gasteiger partial charge is 0.384 e. The van der Waals surface area contributed by atoms with Crippen molar-refractivity contribution in [3.63, 3.8) is 0 Å². The van der Waals surface area contributed by atoms with Crippen molar-refractivity contribution < 1.29 is 62.2 Å². The van der Waals surface area contributed by atoms with Crippen LogP contribution in [0.2, 0.25) is 0 Å². The molecule has 0 radical (unpaired) electrons. The van der Waals surface area contributed by atoms with Gasteiger partial charge in [-0.05, 0) is 43.4 Å². The van der Waals surface area contributed by atoms with Crippen molar-refractivity contribution in [3.05, 3.63) is 0 Å². The minimum Gasteiger partial charge on any atom is -0.459 e. The number of hydrogen-bond donors (Lipinski definition) is 0. The third-order valence-electron chi connectivity index (χ3n) is 7.06. The van der Waals surface area contributed by atoms with Crippen LogP contribution in [0.4, 0.5) is 52.7 Å². The fourth-order valence-electron chi connectivity index (χ4n) is 4.78. The summed E-state index contributed by atoms with van der Waals surface area (Å²) in [5, 5.41) is 0. The quantitative estimate of drug-likeness (QED) is 0.292. The second-order valence-corrected chi connectivity index (χ2v) is 8.87. The van der Waals surface area contributed by atoms with E-state index in [9.17, 15) is 57.5 Å². The van der Waals surface area contributed by atoms with Crippen LogP contribution in [0.25, 0.3) is 0 Å². The molecule has 2 nitrogen and oxygen atoms in total. The third-order valence-corrected chi connectivity index (χ3v) is 7.06. The number of carbonyl (C=O) groups is 1. The minimum atomic E-state index is -7.63. The largest absolute Gasteiger partial charge is 0.459 e. The topological polar surface area (TPSA) is 26.3 Å². The van der Waals surface area contributed by atoms with Gasteiger partial charge in [0.25, 0.3) is 0 Å². The van der Waals surface area contributed by atoms with E-state index in [1.807, 2.05) is 6.92 Å². The van der Waals surface area contributed by atoms with Crippen LogP contribution in [0.15, 0.2) is 0 Å². The number of ether oxygens (including phenoxy) is 1. The molecule has 5 unspecified atom stereocenters. The zero-order valence-electron chi connectivity index (χ0n) is 16.9. The molecule has 0 aromatic heterocycles. The first-order valence-corrected chi connectivity index (χ1v) is 9.44. The van der Waals surface area contributed by atoms with Crippen molar-refractivity contribution in [2.45, 2.75) is 69.7 Å². The lowest BCUT2D eigenvalue weighted by Crippen LogP contribution is -2.69. The molecule has 188 valence electrons. The van der Waals surface area contributed by atoms with Crippen molar-refractivity contribution in [2.75, 3.05) is 6.61 Å². The van der Waals surface area contributed by atoms with Gasteiger partial charge < -0.3 is 4.74 Å². The Morgan fingerprint density at radius 3 is 1.81 bits per heavy atom. The molecule has 0 N–H and O–H groups in total. The van der Waals surface area contributed by atoms with E-state index in [1.54, 1.807) is 6.92 Å². The highest BCUT2D eigenvalue weighted by Crippen LogP contribution is 2.62. The molecule has 0 heterocycles. The molecule has 14 heteroatoms. The lowest BCUT2D eigenvalue weighted by molar-refractivity contribution is -0.414. The molecule has 2 bridgehead atoms. The molecule has 2 aliphatic carbocycles. The monoisotopic (exact) mass is 496 g/mol. The highest BCUT2D eigenvalue weighted by atomic mass is 19.4. The Morgan fingerprint density at radius 2 is 1.41 bits per heavy atom. The Kier molecular flexibility index (Phi) is 6.36. The second kappa shape index (κ2) is 7.57. The summed E-state index contributed by atoms with van der Waals surface area (Å²) in [5.74, 6) is -37.6. The van der Waals surface area contributed by atoms with Crippen molar-refractivity contribution in [3.8, 4) is 0 Å². The van der Waals surface area contributed by atoms with Gasteiger partial charge in [0, 0.05) is 0 Å². The van der Waals surface area contributed by atoms with E-state index < -0.39 is 59.9 Å². The van der Waals surface area contributed by atoms with Crippen molar-refractivity contribution in [1.82, 2.24) is 0 Å². The van der Waals surface area contributed by atoms with Crippen LogP contribution in [-0.4, -0.2) is 48.6 Å². The summed E-state index contributed by atoms with van der Waals surface area (Å²) < 4.78 is 162. The molecule has 5 atom stereocenters. The maximum Gasteiger partial charge on any atom is 0.384 e. The first-order chi connectivity index (χ1) is 14.1. The molecule has 0 saturated heterocycles. The zero-order valence-corrected chi connectivity index (χ0v) is 16.9. The molecule has 0 aromatic rings. The Morgan fingerprint density at radius 1 is 0.906 bits per heavy atom. The molecule has 0 aromatic carbocycles. The normalized spacial score (nSPS) is 32.0. The van der Waals surface area contributed by atoms with E-state index >= 15 is 0 Å². The first-order valence-electron chi connectivity index (χ1n) is 9.44. The maximum absolute atomic E-state index is 13.8. The maximum atomic E-state index is 13.8. The van der Waals surface area contributed by atoms with E-state index in [2.05, 4.69) is 4.74 Å². The van der Waals surface area contributed by atoms with Gasteiger partial charge in [-0.25, -0.2) is 8.78 Å². The highest BCUT2D eigenvalue weighted by Gasteiger charge is 2.88. The Balaban J connectivity index is 2.22. The van der Waals surface area contributed by atoms with Crippen LogP contribution in [0, 0.1) is 29.1 Å². The molecule has 0 aliphatic heterocycles. The molecular formula is C18H20F12O2. The molecule has 0 amide bonds. The van der Waals surface area contributed by atoms with Gasteiger partial charge in [-0.1, -0.05) is 13.8 Å². The summed E-state index contributed by atoms with van der Waals surface area (Å²) in [5.41, 5.74) is -1.43. The van der Waals surface area contributed by atoms with Gasteiger partial charge in [0.05, 0.1) is 5.41 Å². The highest BCUT2D eigenvalue weighted by molar-refractivity contribution is 5.77. The predicted molar refractivity (Wildman–Crippen MR) is 84.3 cm³/mol. The Bertz CT molecular complexity index is 735. The summed E-state index contributed by atoms with van der Waals surface area (Å²) in [7, 11) is 0. The van der Waals surface area contributed by atoms with Gasteiger partial charge in [0.1, 0.15) is 0 Å². The lowest BCUT2D eigenvalue weighted by Gasteiger charge is -2.40. The number of hydrogen-bond acceptors (Lipinski definition) is 2. The summed E-state index contributed by atoms with van der Waals surface area (Å²) in [6.45, 7) is 2.09. The fourth-order valence-corrected chi connectivity index (χ4v) is 4.78. The van der Waals surface area contributed by atoms with Crippen molar-refractivity contribution >= 4 is 5.97 Å². The van der Waals surface area contributed by atoms with E-state index in [4.69, 9.17) is 0 Å². The molecular weight excluding hydrogens is 476 g/mol. The molecule has 2 saturated carbocycles. The van der Waals surface area contributed by atoms with Crippen LogP contribution < -0.4 is 0 Å². The minimum absolute atomic E-state index is 0.0193. The van der Waals surface area contributed by atoms with Gasteiger partial charge in [0.15, 0.2) is 6.61 Å². The average molecular weight is 496 g/mol. The molecule has 32 heavy (non-hydrogen) atoms. The summed E-state index contributed by atoms with van der Waals surface area (Å²) in [6.07, 6.45) is -4.94. The van der Waals surface area contributed by atoms with Gasteiger partial charge in [-0.3, -0.25) is 4.79 Å².